The lowest BCUT2D eigenvalue weighted by Crippen LogP contribution is -2.44. The van der Waals surface area contributed by atoms with Gasteiger partial charge in [-0.25, -0.2) is 0 Å². The smallest absolute Gasteiger partial charge is 0.249 e. The van der Waals surface area contributed by atoms with Crippen molar-refractivity contribution in [1.82, 2.24) is 0 Å². The van der Waals surface area contributed by atoms with Crippen molar-refractivity contribution in [2.45, 2.75) is 19.4 Å². The first-order valence-electron chi connectivity index (χ1n) is 4.97. The van der Waals surface area contributed by atoms with E-state index in [-0.39, 0.29) is 11.9 Å². The molecule has 1 unspecified atom stereocenters. The Hall–Kier alpha value is -1.03. The van der Waals surface area contributed by atoms with Crippen LogP contribution in [0.2, 0.25) is 0 Å². The molecule has 4 heteroatoms. The molecule has 2 rings (SSSR count). The summed E-state index contributed by atoms with van der Waals surface area (Å²) >= 11 is 3.40. The van der Waals surface area contributed by atoms with E-state index < -0.39 is 0 Å². The molecule has 0 aromatic heterocycles. The SMILES string of the molecule is CCC1Nc2ccc(Br)cc2N(C)C1=O. The minimum absolute atomic E-state index is 0.0938. The monoisotopic (exact) mass is 268 g/mol. The van der Waals surface area contributed by atoms with Crippen LogP contribution in [0.3, 0.4) is 0 Å². The number of carbonyl (C=O) groups is 1. The number of nitrogens with one attached hydrogen (secondary N) is 1. The number of hydrogen-bond donors (Lipinski definition) is 1. The Labute approximate surface area is 97.6 Å². The van der Waals surface area contributed by atoms with E-state index in [9.17, 15) is 4.79 Å². The number of nitrogens with zero attached hydrogens (tertiary/aromatic N) is 1. The average molecular weight is 269 g/mol. The van der Waals surface area contributed by atoms with Crippen LogP contribution < -0.4 is 10.2 Å². The quantitative estimate of drug-likeness (QED) is 0.850. The molecule has 80 valence electrons. The number of amides is 1. The maximum Gasteiger partial charge on any atom is 0.249 e. The largest absolute Gasteiger partial charge is 0.372 e. The Bertz CT molecular complexity index is 406. The normalized spacial score (nSPS) is 19.8. The van der Waals surface area contributed by atoms with Crippen LogP contribution in [0.5, 0.6) is 0 Å². The number of carbonyl (C=O) groups excluding carboxylic acids is 1. The van der Waals surface area contributed by atoms with E-state index in [2.05, 4.69) is 21.2 Å². The molecule has 0 fully saturated rings. The molecule has 1 aliphatic rings. The Morgan fingerprint density at radius 3 is 2.93 bits per heavy atom. The predicted octanol–water partition coefficient (Wildman–Crippen LogP) is 2.62. The number of fused-ring (bicyclic) bond motifs is 1. The molecule has 1 amide bonds. The minimum Gasteiger partial charge on any atom is -0.372 e. The van der Waals surface area contributed by atoms with Crippen LogP contribution >= 0.6 is 15.9 Å². The van der Waals surface area contributed by atoms with Crippen molar-refractivity contribution in [2.75, 3.05) is 17.3 Å². The molecule has 0 radical (unpaired) electrons. The lowest BCUT2D eigenvalue weighted by molar-refractivity contribution is -0.119. The Morgan fingerprint density at radius 1 is 1.53 bits per heavy atom. The van der Waals surface area contributed by atoms with Crippen LogP contribution in [-0.2, 0) is 4.79 Å². The maximum absolute atomic E-state index is 11.9. The van der Waals surface area contributed by atoms with E-state index >= 15 is 0 Å². The Morgan fingerprint density at radius 2 is 2.27 bits per heavy atom. The lowest BCUT2D eigenvalue weighted by Gasteiger charge is -2.32. The summed E-state index contributed by atoms with van der Waals surface area (Å²) in [4.78, 5) is 13.6. The van der Waals surface area contributed by atoms with Crippen molar-refractivity contribution in [1.29, 1.82) is 0 Å². The summed E-state index contributed by atoms with van der Waals surface area (Å²) < 4.78 is 0.984. The lowest BCUT2D eigenvalue weighted by atomic mass is 10.1. The summed E-state index contributed by atoms with van der Waals surface area (Å²) in [5.41, 5.74) is 1.95. The van der Waals surface area contributed by atoms with E-state index in [4.69, 9.17) is 0 Å². The second-order valence-electron chi connectivity index (χ2n) is 3.66. The fourth-order valence-electron chi connectivity index (χ4n) is 1.78. The van der Waals surface area contributed by atoms with E-state index in [0.29, 0.717) is 0 Å². The highest BCUT2D eigenvalue weighted by atomic mass is 79.9. The molecule has 3 nitrogen and oxygen atoms in total. The first kappa shape index (κ1) is 10.5. The standard InChI is InChI=1S/C11H13BrN2O/c1-3-8-11(15)14(2)10-6-7(12)4-5-9(10)13-8/h4-6,8,13H,3H2,1-2H3. The molecule has 1 aliphatic heterocycles. The number of likely N-dealkylation sites (N-methyl/N-ethyl adjacent to an activating group) is 1. The third kappa shape index (κ3) is 1.74. The highest BCUT2D eigenvalue weighted by molar-refractivity contribution is 9.10. The van der Waals surface area contributed by atoms with Gasteiger partial charge in [0.15, 0.2) is 0 Å². The van der Waals surface area contributed by atoms with Crippen LogP contribution in [0.15, 0.2) is 22.7 Å². The first-order valence-corrected chi connectivity index (χ1v) is 5.76. The van der Waals surface area contributed by atoms with Gasteiger partial charge in [0.25, 0.3) is 0 Å². The van der Waals surface area contributed by atoms with Crippen LogP contribution in [0.4, 0.5) is 11.4 Å². The van der Waals surface area contributed by atoms with Gasteiger partial charge in [0.2, 0.25) is 5.91 Å². The van der Waals surface area contributed by atoms with E-state index in [1.165, 1.54) is 0 Å². The van der Waals surface area contributed by atoms with Crippen LogP contribution in [0.1, 0.15) is 13.3 Å². The van der Waals surface area contributed by atoms with E-state index in [1.807, 2.05) is 32.2 Å². The van der Waals surface area contributed by atoms with Gasteiger partial charge in [0, 0.05) is 11.5 Å². The molecular formula is C11H13BrN2O. The van der Waals surface area contributed by atoms with Crippen molar-refractivity contribution in [2.24, 2.45) is 0 Å². The Kier molecular flexibility index (Phi) is 2.69. The number of halogens is 1. The van der Waals surface area contributed by atoms with Crippen LogP contribution in [0, 0.1) is 0 Å². The molecule has 0 aliphatic carbocycles. The summed E-state index contributed by atoms with van der Waals surface area (Å²) in [6.45, 7) is 2.01. The van der Waals surface area contributed by atoms with Crippen molar-refractivity contribution in [3.05, 3.63) is 22.7 Å². The van der Waals surface area contributed by atoms with Crippen molar-refractivity contribution in [3.8, 4) is 0 Å². The van der Waals surface area contributed by atoms with E-state index in [1.54, 1.807) is 4.90 Å². The maximum atomic E-state index is 11.9. The number of benzene rings is 1. The van der Waals surface area contributed by atoms with Crippen molar-refractivity contribution < 1.29 is 4.79 Å². The van der Waals surface area contributed by atoms with Gasteiger partial charge in [-0.15, -0.1) is 0 Å². The number of hydrogen-bond acceptors (Lipinski definition) is 2. The second-order valence-corrected chi connectivity index (χ2v) is 4.58. The molecule has 0 saturated heterocycles. The van der Waals surface area contributed by atoms with Gasteiger partial charge in [-0.3, -0.25) is 4.79 Å². The molecule has 0 saturated carbocycles. The summed E-state index contributed by atoms with van der Waals surface area (Å²) in [7, 11) is 1.82. The molecule has 1 aromatic rings. The first-order chi connectivity index (χ1) is 7.13. The van der Waals surface area contributed by atoms with Gasteiger partial charge in [-0.1, -0.05) is 22.9 Å². The van der Waals surface area contributed by atoms with Gasteiger partial charge < -0.3 is 10.2 Å². The molecule has 0 spiro atoms. The van der Waals surface area contributed by atoms with Gasteiger partial charge in [0.05, 0.1) is 11.4 Å². The van der Waals surface area contributed by atoms with Crippen molar-refractivity contribution in [3.63, 3.8) is 0 Å². The van der Waals surface area contributed by atoms with Gasteiger partial charge in [0.1, 0.15) is 6.04 Å². The van der Waals surface area contributed by atoms with Gasteiger partial charge >= 0.3 is 0 Å². The molecule has 1 aromatic carbocycles. The third-order valence-electron chi connectivity index (χ3n) is 2.69. The van der Waals surface area contributed by atoms with Crippen LogP contribution in [-0.4, -0.2) is 19.0 Å². The summed E-state index contributed by atoms with van der Waals surface area (Å²) in [6.07, 6.45) is 0.804. The molecular weight excluding hydrogens is 256 g/mol. The molecule has 0 bridgehead atoms. The molecule has 1 N–H and O–H groups in total. The number of anilines is 2. The fraction of sp³-hybridized carbons (Fsp3) is 0.364. The zero-order chi connectivity index (χ0) is 11.0. The van der Waals surface area contributed by atoms with Gasteiger partial charge in [-0.05, 0) is 24.6 Å². The zero-order valence-electron chi connectivity index (χ0n) is 8.75. The molecule has 15 heavy (non-hydrogen) atoms. The second kappa shape index (κ2) is 3.85. The molecule has 1 atom stereocenters. The van der Waals surface area contributed by atoms with E-state index in [0.717, 1.165) is 22.3 Å². The molecule has 1 heterocycles. The Balaban J connectivity index is 2.45. The summed E-state index contributed by atoms with van der Waals surface area (Å²) in [5, 5.41) is 3.24. The predicted molar refractivity (Wildman–Crippen MR) is 65.3 cm³/mol. The summed E-state index contributed by atoms with van der Waals surface area (Å²) in [6, 6.07) is 5.82. The topological polar surface area (TPSA) is 32.3 Å². The summed E-state index contributed by atoms with van der Waals surface area (Å²) in [5.74, 6) is 0.128. The highest BCUT2D eigenvalue weighted by Gasteiger charge is 2.28. The highest BCUT2D eigenvalue weighted by Crippen LogP contribution is 2.33. The van der Waals surface area contributed by atoms with Crippen molar-refractivity contribution >= 4 is 33.2 Å². The number of rotatable bonds is 1. The average Bonchev–Trinajstić information content (AvgIpc) is 2.24. The zero-order valence-corrected chi connectivity index (χ0v) is 10.3. The third-order valence-corrected chi connectivity index (χ3v) is 3.18. The fourth-order valence-corrected chi connectivity index (χ4v) is 2.13. The van der Waals surface area contributed by atoms with Gasteiger partial charge in [-0.2, -0.15) is 0 Å². The van der Waals surface area contributed by atoms with Crippen LogP contribution in [0.25, 0.3) is 0 Å². The minimum atomic E-state index is -0.0938.